The maximum atomic E-state index is 13.0. The lowest BCUT2D eigenvalue weighted by Gasteiger charge is -2.31. The van der Waals surface area contributed by atoms with Crippen LogP contribution >= 0.6 is 0 Å². The lowest BCUT2D eigenvalue weighted by atomic mass is 9.97. The van der Waals surface area contributed by atoms with Crippen LogP contribution in [0.15, 0.2) is 29.0 Å². The smallest absolute Gasteiger partial charge is 0.259 e. The highest BCUT2D eigenvalue weighted by Gasteiger charge is 2.26. The highest BCUT2D eigenvalue weighted by Crippen LogP contribution is 2.22. The third-order valence-corrected chi connectivity index (χ3v) is 4.80. The van der Waals surface area contributed by atoms with E-state index in [2.05, 4.69) is 15.3 Å². The fraction of sp³-hybridized carbons (Fsp3) is 0.526. The Bertz CT molecular complexity index is 722. The third-order valence-electron chi connectivity index (χ3n) is 4.80. The van der Waals surface area contributed by atoms with Crippen LogP contribution in [0.2, 0.25) is 0 Å². The molecule has 0 unspecified atom stereocenters. The molecule has 0 saturated carbocycles. The van der Waals surface area contributed by atoms with E-state index >= 15 is 0 Å². The van der Waals surface area contributed by atoms with Gasteiger partial charge in [-0.2, -0.15) is 0 Å². The predicted molar refractivity (Wildman–Crippen MR) is 99.8 cm³/mol. The first-order chi connectivity index (χ1) is 12.6. The minimum Gasteiger partial charge on any atom is -0.467 e. The quantitative estimate of drug-likeness (QED) is 0.825. The molecular formula is C19H27N5O2. The van der Waals surface area contributed by atoms with Crippen molar-refractivity contribution < 1.29 is 9.21 Å². The zero-order valence-corrected chi connectivity index (χ0v) is 15.4. The second-order valence-corrected chi connectivity index (χ2v) is 7.05. The fourth-order valence-electron chi connectivity index (χ4n) is 3.09. The average Bonchev–Trinajstić information content (AvgIpc) is 3.19. The summed E-state index contributed by atoms with van der Waals surface area (Å²) in [5.41, 5.74) is 6.26. The van der Waals surface area contributed by atoms with Gasteiger partial charge in [-0.15, -0.1) is 0 Å². The van der Waals surface area contributed by atoms with Crippen molar-refractivity contribution in [2.24, 2.45) is 11.7 Å². The summed E-state index contributed by atoms with van der Waals surface area (Å²) in [4.78, 5) is 23.9. The molecule has 1 saturated heterocycles. The number of amides is 1. The number of carbonyl (C=O) groups excluding carboxylic acids is 1. The minimum absolute atomic E-state index is 0.0299. The number of rotatable bonds is 6. The number of anilines is 1. The van der Waals surface area contributed by atoms with Crippen molar-refractivity contribution in [1.82, 2.24) is 14.9 Å². The van der Waals surface area contributed by atoms with Crippen molar-refractivity contribution in [2.45, 2.75) is 39.2 Å². The van der Waals surface area contributed by atoms with Crippen molar-refractivity contribution in [3.63, 3.8) is 0 Å². The zero-order valence-electron chi connectivity index (χ0n) is 15.4. The van der Waals surface area contributed by atoms with Crippen LogP contribution in [0.4, 0.5) is 5.82 Å². The first-order valence-corrected chi connectivity index (χ1v) is 9.21. The van der Waals surface area contributed by atoms with Crippen LogP contribution in [-0.2, 0) is 6.54 Å². The summed E-state index contributed by atoms with van der Waals surface area (Å²) in [5.74, 6) is 2.73. The number of nitrogens with one attached hydrogen (secondary N) is 1. The average molecular weight is 357 g/mol. The maximum absolute atomic E-state index is 13.0. The van der Waals surface area contributed by atoms with Crippen molar-refractivity contribution in [3.8, 4) is 0 Å². The number of carbonyl (C=O) groups is 1. The lowest BCUT2D eigenvalue weighted by molar-refractivity contribution is 0.0693. The number of nitrogens with zero attached hydrogens (tertiary/aromatic N) is 3. The molecule has 1 amide bonds. The molecule has 7 nitrogen and oxygen atoms in total. The number of hydrogen-bond donors (Lipinski definition) is 2. The first kappa shape index (κ1) is 18.4. The second-order valence-electron chi connectivity index (χ2n) is 7.05. The van der Waals surface area contributed by atoms with E-state index in [9.17, 15) is 4.79 Å². The third kappa shape index (κ3) is 4.22. The van der Waals surface area contributed by atoms with Gasteiger partial charge in [0.1, 0.15) is 23.0 Å². The van der Waals surface area contributed by atoms with Gasteiger partial charge in [-0.3, -0.25) is 4.79 Å². The van der Waals surface area contributed by atoms with E-state index in [4.69, 9.17) is 10.2 Å². The fourth-order valence-corrected chi connectivity index (χ4v) is 3.09. The Kier molecular flexibility index (Phi) is 5.88. The first-order valence-electron chi connectivity index (χ1n) is 9.21. The van der Waals surface area contributed by atoms with Crippen LogP contribution in [0.3, 0.4) is 0 Å². The summed E-state index contributed by atoms with van der Waals surface area (Å²) >= 11 is 0. The van der Waals surface area contributed by atoms with Gasteiger partial charge in [0.05, 0.1) is 12.8 Å². The summed E-state index contributed by atoms with van der Waals surface area (Å²) in [6.07, 6.45) is 5.17. The zero-order chi connectivity index (χ0) is 18.5. The normalized spacial score (nSPS) is 15.5. The Morgan fingerprint density at radius 1 is 1.42 bits per heavy atom. The van der Waals surface area contributed by atoms with Crippen LogP contribution < -0.4 is 11.1 Å². The van der Waals surface area contributed by atoms with E-state index in [1.165, 1.54) is 0 Å². The summed E-state index contributed by atoms with van der Waals surface area (Å²) < 4.78 is 5.36. The highest BCUT2D eigenvalue weighted by molar-refractivity contribution is 5.98. The van der Waals surface area contributed by atoms with Crippen molar-refractivity contribution >= 4 is 11.7 Å². The summed E-state index contributed by atoms with van der Waals surface area (Å²) in [7, 11) is 0. The summed E-state index contributed by atoms with van der Waals surface area (Å²) in [5, 5.41) is 3.24. The monoisotopic (exact) mass is 357 g/mol. The molecule has 7 heteroatoms. The molecular weight excluding hydrogens is 330 g/mol. The summed E-state index contributed by atoms with van der Waals surface area (Å²) in [6, 6.07) is 3.72. The van der Waals surface area contributed by atoms with Gasteiger partial charge in [0.15, 0.2) is 0 Å². The number of aromatic nitrogens is 2. The van der Waals surface area contributed by atoms with E-state index in [1.54, 1.807) is 12.5 Å². The van der Waals surface area contributed by atoms with E-state index in [-0.39, 0.29) is 11.8 Å². The van der Waals surface area contributed by atoms with Gasteiger partial charge >= 0.3 is 0 Å². The molecule has 0 atom stereocenters. The second kappa shape index (κ2) is 8.31. The molecule has 1 aliphatic rings. The number of furan rings is 1. The van der Waals surface area contributed by atoms with Gasteiger partial charge in [-0.05, 0) is 37.4 Å². The number of nitrogens with two attached hydrogens (primary N) is 1. The molecule has 0 radical (unpaired) electrons. The van der Waals surface area contributed by atoms with Gasteiger partial charge in [-0.1, -0.05) is 13.8 Å². The molecule has 2 aromatic rings. The molecule has 3 N–H and O–H groups in total. The molecule has 2 aromatic heterocycles. The Morgan fingerprint density at radius 3 is 2.81 bits per heavy atom. The van der Waals surface area contributed by atoms with E-state index in [0.29, 0.717) is 36.2 Å². The van der Waals surface area contributed by atoms with E-state index in [0.717, 1.165) is 31.7 Å². The number of hydrogen-bond acceptors (Lipinski definition) is 6. The van der Waals surface area contributed by atoms with Gasteiger partial charge < -0.3 is 20.4 Å². The Balaban J connectivity index is 1.79. The Hall–Kier alpha value is -2.41. The molecule has 0 aliphatic carbocycles. The van der Waals surface area contributed by atoms with Gasteiger partial charge in [0.2, 0.25) is 0 Å². The van der Waals surface area contributed by atoms with Crippen LogP contribution in [0.5, 0.6) is 0 Å². The number of piperidine rings is 1. The lowest BCUT2D eigenvalue weighted by Crippen LogP contribution is -2.40. The highest BCUT2D eigenvalue weighted by atomic mass is 16.3. The number of likely N-dealkylation sites (tertiary alicyclic amines) is 1. The summed E-state index contributed by atoms with van der Waals surface area (Å²) in [6.45, 7) is 6.67. The van der Waals surface area contributed by atoms with Crippen LogP contribution in [0, 0.1) is 5.92 Å². The largest absolute Gasteiger partial charge is 0.467 e. The molecule has 3 heterocycles. The molecule has 26 heavy (non-hydrogen) atoms. The molecule has 0 spiro atoms. The maximum Gasteiger partial charge on any atom is 0.259 e. The van der Waals surface area contributed by atoms with E-state index in [1.807, 2.05) is 30.9 Å². The van der Waals surface area contributed by atoms with Gasteiger partial charge in [0, 0.05) is 25.2 Å². The predicted octanol–water partition coefficient (Wildman–Crippen LogP) is 2.62. The molecule has 0 aromatic carbocycles. The van der Waals surface area contributed by atoms with Crippen LogP contribution in [-0.4, -0.2) is 40.4 Å². The standard InChI is InChI=1S/C19H27N5O2/c1-13(2)17-22-12-16(18(23-17)21-11-15-4-3-9-26-15)19(25)24-7-5-14(10-20)6-8-24/h3-4,9,12-14H,5-8,10-11,20H2,1-2H3,(H,21,22,23). The van der Waals surface area contributed by atoms with Crippen molar-refractivity contribution in [2.75, 3.05) is 25.0 Å². The molecule has 140 valence electrons. The van der Waals surface area contributed by atoms with Gasteiger partial charge in [0.25, 0.3) is 5.91 Å². The molecule has 1 fully saturated rings. The van der Waals surface area contributed by atoms with E-state index < -0.39 is 0 Å². The Labute approximate surface area is 154 Å². The van der Waals surface area contributed by atoms with Crippen LogP contribution in [0.1, 0.15) is 54.5 Å². The molecule has 3 rings (SSSR count). The van der Waals surface area contributed by atoms with Crippen molar-refractivity contribution in [3.05, 3.63) is 41.7 Å². The molecule has 1 aliphatic heterocycles. The topological polar surface area (TPSA) is 97.3 Å². The minimum atomic E-state index is -0.0299. The van der Waals surface area contributed by atoms with Crippen molar-refractivity contribution in [1.29, 1.82) is 0 Å². The van der Waals surface area contributed by atoms with Crippen LogP contribution in [0.25, 0.3) is 0 Å². The Morgan fingerprint density at radius 2 is 2.19 bits per heavy atom. The SMILES string of the molecule is CC(C)c1ncc(C(=O)N2CCC(CN)CC2)c(NCc2ccco2)n1. The molecule has 0 bridgehead atoms. The van der Waals surface area contributed by atoms with Gasteiger partial charge in [-0.25, -0.2) is 9.97 Å².